The Bertz CT molecular complexity index is 744. The Morgan fingerprint density at radius 2 is 2.00 bits per heavy atom. The number of ether oxygens (including phenoxy) is 1. The fourth-order valence-electron chi connectivity index (χ4n) is 3.39. The second-order valence-corrected chi connectivity index (χ2v) is 6.87. The monoisotopic (exact) mass is 356 g/mol. The van der Waals surface area contributed by atoms with Gasteiger partial charge in [0.05, 0.1) is 5.69 Å². The van der Waals surface area contributed by atoms with Crippen LogP contribution in [0.25, 0.3) is 0 Å². The van der Waals surface area contributed by atoms with Gasteiger partial charge in [-0.2, -0.15) is 0 Å². The summed E-state index contributed by atoms with van der Waals surface area (Å²) in [5.74, 6) is 1.44. The van der Waals surface area contributed by atoms with Crippen molar-refractivity contribution in [2.75, 3.05) is 18.4 Å². The second-order valence-electron chi connectivity index (χ2n) is 6.87. The van der Waals surface area contributed by atoms with Crippen LogP contribution in [0.1, 0.15) is 26.2 Å². The highest BCUT2D eigenvalue weighted by Gasteiger charge is 2.22. The maximum absolute atomic E-state index is 13.3. The van der Waals surface area contributed by atoms with E-state index in [1.54, 1.807) is 24.3 Å². The van der Waals surface area contributed by atoms with Crippen LogP contribution in [0.3, 0.4) is 0 Å². The molecule has 2 aromatic rings. The lowest BCUT2D eigenvalue weighted by molar-refractivity contribution is -0.117. The van der Waals surface area contributed by atoms with Gasteiger partial charge in [-0.1, -0.05) is 25.1 Å². The van der Waals surface area contributed by atoms with Gasteiger partial charge in [0.1, 0.15) is 11.6 Å². The highest BCUT2D eigenvalue weighted by Crippen LogP contribution is 2.30. The van der Waals surface area contributed by atoms with Crippen LogP contribution in [0.5, 0.6) is 11.5 Å². The van der Waals surface area contributed by atoms with E-state index < -0.39 is 0 Å². The minimum Gasteiger partial charge on any atom is -0.455 e. The summed E-state index contributed by atoms with van der Waals surface area (Å²) >= 11 is 0. The van der Waals surface area contributed by atoms with Crippen molar-refractivity contribution in [2.24, 2.45) is 11.8 Å². The normalized spacial score (nSPS) is 16.1. The first-order valence-corrected chi connectivity index (χ1v) is 9.15. The number of nitrogens with one attached hydrogen (secondary N) is 2. The average Bonchev–Trinajstić information content (AvgIpc) is 2.64. The number of benzene rings is 2. The molecule has 1 aliphatic rings. The largest absolute Gasteiger partial charge is 0.455 e. The minimum absolute atomic E-state index is 0.0219. The summed E-state index contributed by atoms with van der Waals surface area (Å²) in [6.07, 6.45) is 2.72. The molecular formula is C21H25FN2O2. The van der Waals surface area contributed by atoms with E-state index >= 15 is 0 Å². The quantitative estimate of drug-likeness (QED) is 0.796. The van der Waals surface area contributed by atoms with Gasteiger partial charge >= 0.3 is 0 Å². The molecule has 2 N–H and O–H groups in total. The molecule has 1 heterocycles. The molecule has 0 bridgehead atoms. The summed E-state index contributed by atoms with van der Waals surface area (Å²) in [5, 5.41) is 6.30. The van der Waals surface area contributed by atoms with Crippen molar-refractivity contribution in [2.45, 2.75) is 26.2 Å². The number of anilines is 1. The third kappa shape index (κ3) is 5.05. The smallest absolute Gasteiger partial charge is 0.224 e. The molecule has 138 valence electrons. The Morgan fingerprint density at radius 3 is 2.77 bits per heavy atom. The fraction of sp³-hybridized carbons (Fsp3) is 0.381. The lowest BCUT2D eigenvalue weighted by Gasteiger charge is -2.28. The van der Waals surface area contributed by atoms with Crippen molar-refractivity contribution in [3.8, 4) is 11.5 Å². The zero-order valence-corrected chi connectivity index (χ0v) is 15.0. The number of halogens is 1. The van der Waals surface area contributed by atoms with Crippen LogP contribution in [-0.4, -0.2) is 19.0 Å². The lowest BCUT2D eigenvalue weighted by Crippen LogP contribution is -2.32. The van der Waals surface area contributed by atoms with Gasteiger partial charge in [-0.15, -0.1) is 0 Å². The Labute approximate surface area is 153 Å². The third-order valence-electron chi connectivity index (χ3n) is 4.88. The van der Waals surface area contributed by atoms with Crippen LogP contribution in [0.15, 0.2) is 48.5 Å². The van der Waals surface area contributed by atoms with Crippen LogP contribution in [-0.2, 0) is 4.79 Å². The van der Waals surface area contributed by atoms with Gasteiger partial charge in [-0.25, -0.2) is 4.39 Å². The molecule has 0 aliphatic carbocycles. The maximum Gasteiger partial charge on any atom is 0.224 e. The van der Waals surface area contributed by atoms with E-state index in [0.717, 1.165) is 25.9 Å². The molecule has 5 heteroatoms. The molecule has 26 heavy (non-hydrogen) atoms. The number of rotatable bonds is 6. The van der Waals surface area contributed by atoms with Gasteiger partial charge in [0, 0.05) is 12.5 Å². The molecule has 0 aromatic heterocycles. The molecule has 3 rings (SSSR count). The van der Waals surface area contributed by atoms with Gasteiger partial charge < -0.3 is 15.4 Å². The molecular weight excluding hydrogens is 331 g/mol. The van der Waals surface area contributed by atoms with E-state index in [1.807, 2.05) is 12.1 Å². The van der Waals surface area contributed by atoms with Crippen molar-refractivity contribution in [3.63, 3.8) is 0 Å². The van der Waals surface area contributed by atoms with Crippen molar-refractivity contribution >= 4 is 11.6 Å². The number of hydrogen-bond donors (Lipinski definition) is 2. The zero-order valence-electron chi connectivity index (χ0n) is 15.0. The molecule has 1 aliphatic heterocycles. The summed E-state index contributed by atoms with van der Waals surface area (Å²) in [5.41, 5.74) is 0.597. The summed E-state index contributed by atoms with van der Waals surface area (Å²) < 4.78 is 19.1. The SMILES string of the molecule is CC(CC(=O)Nc1ccccc1Oc1cccc(F)c1)C1CCNCC1. The van der Waals surface area contributed by atoms with E-state index in [1.165, 1.54) is 12.1 Å². The van der Waals surface area contributed by atoms with Gasteiger partial charge in [0.15, 0.2) is 5.75 Å². The van der Waals surface area contributed by atoms with E-state index in [0.29, 0.717) is 35.4 Å². The van der Waals surface area contributed by atoms with Crippen LogP contribution in [0.4, 0.5) is 10.1 Å². The number of piperidine rings is 1. The molecule has 0 spiro atoms. The highest BCUT2D eigenvalue weighted by molar-refractivity contribution is 5.92. The van der Waals surface area contributed by atoms with E-state index in [9.17, 15) is 9.18 Å². The van der Waals surface area contributed by atoms with E-state index in [4.69, 9.17) is 4.74 Å². The predicted octanol–water partition coefficient (Wildman–Crippen LogP) is 4.58. The van der Waals surface area contributed by atoms with Crippen LogP contribution < -0.4 is 15.4 Å². The molecule has 1 atom stereocenters. The Hall–Kier alpha value is -2.40. The number of hydrogen-bond acceptors (Lipinski definition) is 3. The number of amides is 1. The first-order valence-electron chi connectivity index (χ1n) is 9.15. The zero-order chi connectivity index (χ0) is 18.4. The second kappa shape index (κ2) is 8.81. The molecule has 1 saturated heterocycles. The summed E-state index contributed by atoms with van der Waals surface area (Å²) in [4.78, 5) is 12.5. The van der Waals surface area contributed by atoms with E-state index in [2.05, 4.69) is 17.6 Å². The summed E-state index contributed by atoms with van der Waals surface area (Å²) in [7, 11) is 0. The average molecular weight is 356 g/mol. The third-order valence-corrected chi connectivity index (χ3v) is 4.88. The van der Waals surface area contributed by atoms with Crippen LogP contribution in [0.2, 0.25) is 0 Å². The summed E-state index contributed by atoms with van der Waals surface area (Å²) in [6, 6.07) is 13.2. The van der Waals surface area contributed by atoms with Crippen LogP contribution in [0, 0.1) is 17.7 Å². The van der Waals surface area contributed by atoms with Gasteiger partial charge in [0.2, 0.25) is 5.91 Å². The van der Waals surface area contributed by atoms with Gasteiger partial charge in [-0.3, -0.25) is 4.79 Å². The maximum atomic E-state index is 13.3. The topological polar surface area (TPSA) is 50.4 Å². The Balaban J connectivity index is 1.63. The number of para-hydroxylation sites is 2. The number of carbonyl (C=O) groups excluding carboxylic acids is 1. The van der Waals surface area contributed by atoms with Crippen molar-refractivity contribution < 1.29 is 13.9 Å². The number of carbonyl (C=O) groups is 1. The van der Waals surface area contributed by atoms with Crippen molar-refractivity contribution in [1.82, 2.24) is 5.32 Å². The minimum atomic E-state index is -0.361. The molecule has 4 nitrogen and oxygen atoms in total. The van der Waals surface area contributed by atoms with Gasteiger partial charge in [-0.05, 0) is 62.0 Å². The Morgan fingerprint density at radius 1 is 1.23 bits per heavy atom. The predicted molar refractivity (Wildman–Crippen MR) is 101 cm³/mol. The van der Waals surface area contributed by atoms with E-state index in [-0.39, 0.29) is 11.7 Å². The van der Waals surface area contributed by atoms with Gasteiger partial charge in [0.25, 0.3) is 0 Å². The van der Waals surface area contributed by atoms with Crippen molar-refractivity contribution in [3.05, 3.63) is 54.3 Å². The molecule has 1 unspecified atom stereocenters. The fourth-order valence-corrected chi connectivity index (χ4v) is 3.39. The highest BCUT2D eigenvalue weighted by atomic mass is 19.1. The molecule has 0 saturated carbocycles. The first-order chi connectivity index (χ1) is 12.6. The lowest BCUT2D eigenvalue weighted by atomic mass is 9.84. The standard InChI is InChI=1S/C21H25FN2O2/c1-15(16-9-11-23-12-10-16)13-21(25)24-19-7-2-3-8-20(19)26-18-6-4-5-17(22)14-18/h2-8,14-16,23H,9-13H2,1H3,(H,24,25). The molecule has 1 amide bonds. The Kier molecular flexibility index (Phi) is 6.23. The first kappa shape index (κ1) is 18.4. The molecule has 0 radical (unpaired) electrons. The molecule has 2 aromatic carbocycles. The molecule has 1 fully saturated rings. The summed E-state index contributed by atoms with van der Waals surface area (Å²) in [6.45, 7) is 4.20. The van der Waals surface area contributed by atoms with Crippen molar-refractivity contribution in [1.29, 1.82) is 0 Å². The van der Waals surface area contributed by atoms with Crippen LogP contribution >= 0.6 is 0 Å².